The molecule has 4 rings (SSSR count). The van der Waals surface area contributed by atoms with Crippen LogP contribution in [0.25, 0.3) is 10.9 Å². The average molecular weight is 519 g/mol. The lowest BCUT2D eigenvalue weighted by molar-refractivity contribution is 0.138. The summed E-state index contributed by atoms with van der Waals surface area (Å²) < 4.78 is 30.2. The van der Waals surface area contributed by atoms with E-state index in [1.54, 1.807) is 28.8 Å². The minimum atomic E-state index is -3.53. The van der Waals surface area contributed by atoms with Crippen LogP contribution in [0.3, 0.4) is 0 Å². The standard InChI is InChI=1S/C23H27BrN4O3S/c1-3-12-28-22(25-21-7-5-4-6-20(21)23(28)29)17(2)26-13-15-27(16-14-26)32(30,31)19-10-8-18(24)9-11-19/h4-11,17H,3,12-16H2,1-2H3/t17-/m1/s1. The Hall–Kier alpha value is -2.07. The molecule has 32 heavy (non-hydrogen) atoms. The molecule has 0 radical (unpaired) electrons. The van der Waals surface area contributed by atoms with Crippen molar-refractivity contribution in [3.05, 3.63) is 69.2 Å². The normalized spacial score (nSPS) is 17.0. The van der Waals surface area contributed by atoms with Crippen LogP contribution in [0.2, 0.25) is 0 Å². The summed E-state index contributed by atoms with van der Waals surface area (Å²) in [7, 11) is -3.53. The minimum absolute atomic E-state index is 0.0178. The number of rotatable bonds is 6. The minimum Gasteiger partial charge on any atom is -0.295 e. The van der Waals surface area contributed by atoms with E-state index in [1.165, 1.54) is 4.31 Å². The lowest BCUT2D eigenvalue weighted by Crippen LogP contribution is -2.49. The molecule has 0 spiro atoms. The molecule has 0 unspecified atom stereocenters. The molecule has 3 aromatic rings. The van der Waals surface area contributed by atoms with Crippen LogP contribution in [0.5, 0.6) is 0 Å². The molecule has 0 bridgehead atoms. The van der Waals surface area contributed by atoms with Crippen LogP contribution < -0.4 is 5.56 Å². The molecular weight excluding hydrogens is 492 g/mol. The third-order valence-corrected chi connectivity index (χ3v) is 8.43. The number of hydrogen-bond acceptors (Lipinski definition) is 5. The Morgan fingerprint density at radius 3 is 2.34 bits per heavy atom. The second-order valence-electron chi connectivity index (χ2n) is 8.01. The molecule has 0 N–H and O–H groups in total. The van der Waals surface area contributed by atoms with Gasteiger partial charge in [0.1, 0.15) is 5.82 Å². The maximum absolute atomic E-state index is 13.1. The molecule has 1 saturated heterocycles. The number of halogens is 1. The van der Waals surface area contributed by atoms with Gasteiger partial charge in [-0.05, 0) is 49.7 Å². The molecule has 2 aromatic carbocycles. The SMILES string of the molecule is CCCn1c([C@@H](C)N2CCN(S(=O)(=O)c3ccc(Br)cc3)CC2)nc2ccccc2c1=O. The summed E-state index contributed by atoms with van der Waals surface area (Å²) in [5.74, 6) is 0.736. The number of aromatic nitrogens is 2. The number of sulfonamides is 1. The summed E-state index contributed by atoms with van der Waals surface area (Å²) in [5.41, 5.74) is 0.680. The fraction of sp³-hybridized carbons (Fsp3) is 0.391. The molecule has 0 amide bonds. The molecule has 9 heteroatoms. The quantitative estimate of drug-likeness (QED) is 0.497. The molecule has 1 aromatic heterocycles. The third-order valence-electron chi connectivity index (χ3n) is 5.98. The molecular formula is C23H27BrN4O3S. The van der Waals surface area contributed by atoms with E-state index in [9.17, 15) is 13.2 Å². The maximum Gasteiger partial charge on any atom is 0.261 e. The number of para-hydroxylation sites is 1. The van der Waals surface area contributed by atoms with Crippen molar-refractivity contribution in [3.63, 3.8) is 0 Å². The Morgan fingerprint density at radius 1 is 1.03 bits per heavy atom. The van der Waals surface area contributed by atoms with E-state index >= 15 is 0 Å². The van der Waals surface area contributed by atoms with Gasteiger partial charge >= 0.3 is 0 Å². The number of fused-ring (bicyclic) bond motifs is 1. The van der Waals surface area contributed by atoms with Crippen molar-refractivity contribution in [2.75, 3.05) is 26.2 Å². The van der Waals surface area contributed by atoms with Gasteiger partial charge in [0.2, 0.25) is 10.0 Å². The van der Waals surface area contributed by atoms with E-state index in [4.69, 9.17) is 4.98 Å². The van der Waals surface area contributed by atoms with Gasteiger partial charge in [-0.1, -0.05) is 35.0 Å². The number of hydrogen-bond donors (Lipinski definition) is 0. The van der Waals surface area contributed by atoms with Crippen molar-refractivity contribution in [1.82, 2.24) is 18.8 Å². The van der Waals surface area contributed by atoms with E-state index < -0.39 is 10.0 Å². The first-order valence-electron chi connectivity index (χ1n) is 10.8. The lowest BCUT2D eigenvalue weighted by Gasteiger charge is -2.37. The fourth-order valence-corrected chi connectivity index (χ4v) is 5.88. The van der Waals surface area contributed by atoms with Crippen molar-refractivity contribution >= 4 is 36.9 Å². The van der Waals surface area contributed by atoms with Crippen molar-refractivity contribution in [1.29, 1.82) is 0 Å². The maximum atomic E-state index is 13.1. The van der Waals surface area contributed by atoms with E-state index in [0.29, 0.717) is 48.5 Å². The van der Waals surface area contributed by atoms with Crippen molar-refractivity contribution < 1.29 is 8.42 Å². The zero-order valence-corrected chi connectivity index (χ0v) is 20.6. The van der Waals surface area contributed by atoms with Gasteiger partial charge in [-0.25, -0.2) is 13.4 Å². The predicted octanol–water partition coefficient (Wildman–Crippen LogP) is 3.64. The highest BCUT2D eigenvalue weighted by atomic mass is 79.9. The molecule has 0 aliphatic carbocycles. The molecule has 170 valence electrons. The van der Waals surface area contributed by atoms with E-state index in [2.05, 4.69) is 20.8 Å². The first-order valence-corrected chi connectivity index (χ1v) is 13.1. The topological polar surface area (TPSA) is 75.5 Å². The highest BCUT2D eigenvalue weighted by Gasteiger charge is 2.31. The van der Waals surface area contributed by atoms with Crippen LogP contribution in [0.1, 0.15) is 32.1 Å². The van der Waals surface area contributed by atoms with Crippen molar-refractivity contribution in [3.8, 4) is 0 Å². The number of benzene rings is 2. The van der Waals surface area contributed by atoms with Gasteiger partial charge in [0, 0.05) is 37.2 Å². The van der Waals surface area contributed by atoms with Crippen molar-refractivity contribution in [2.45, 2.75) is 37.8 Å². The Labute approximate surface area is 196 Å². The van der Waals surface area contributed by atoms with Crippen molar-refractivity contribution in [2.24, 2.45) is 0 Å². The van der Waals surface area contributed by atoms with Gasteiger partial charge in [-0.2, -0.15) is 4.31 Å². The summed E-state index contributed by atoms with van der Waals surface area (Å²) in [5, 5.41) is 0.627. The number of piperazine rings is 1. The van der Waals surface area contributed by atoms with E-state index in [0.717, 1.165) is 16.7 Å². The molecule has 7 nitrogen and oxygen atoms in total. The Balaban J connectivity index is 1.56. The third kappa shape index (κ3) is 4.39. The first-order chi connectivity index (χ1) is 15.3. The monoisotopic (exact) mass is 518 g/mol. The zero-order valence-electron chi connectivity index (χ0n) is 18.2. The summed E-state index contributed by atoms with van der Waals surface area (Å²) >= 11 is 3.35. The predicted molar refractivity (Wildman–Crippen MR) is 129 cm³/mol. The van der Waals surface area contributed by atoms with Gasteiger partial charge in [0.05, 0.1) is 21.8 Å². The molecule has 0 saturated carbocycles. The lowest BCUT2D eigenvalue weighted by atomic mass is 10.2. The Morgan fingerprint density at radius 2 is 1.69 bits per heavy atom. The summed E-state index contributed by atoms with van der Waals surface area (Å²) in [6, 6.07) is 14.1. The van der Waals surface area contributed by atoms with Crippen LogP contribution in [-0.2, 0) is 16.6 Å². The highest BCUT2D eigenvalue weighted by molar-refractivity contribution is 9.10. The van der Waals surface area contributed by atoms with Crippen LogP contribution in [0.15, 0.2) is 62.7 Å². The smallest absolute Gasteiger partial charge is 0.261 e. The zero-order chi connectivity index (χ0) is 22.9. The van der Waals surface area contributed by atoms with E-state index in [1.807, 2.05) is 38.1 Å². The number of nitrogens with zero attached hydrogens (tertiary/aromatic N) is 4. The highest BCUT2D eigenvalue weighted by Crippen LogP contribution is 2.25. The molecule has 1 aliphatic heterocycles. The molecule has 2 heterocycles. The molecule has 1 atom stereocenters. The van der Waals surface area contributed by atoms with Gasteiger partial charge in [0.15, 0.2) is 0 Å². The first kappa shape index (κ1) is 23.1. The summed E-state index contributed by atoms with van der Waals surface area (Å²) in [4.78, 5) is 20.4. The van der Waals surface area contributed by atoms with Gasteiger partial charge < -0.3 is 0 Å². The largest absolute Gasteiger partial charge is 0.295 e. The second kappa shape index (κ2) is 9.43. The average Bonchev–Trinajstić information content (AvgIpc) is 2.81. The van der Waals surface area contributed by atoms with Crippen LogP contribution in [0, 0.1) is 0 Å². The second-order valence-corrected chi connectivity index (χ2v) is 10.9. The Bertz CT molecular complexity index is 1270. The Kier molecular flexibility index (Phi) is 6.80. The van der Waals surface area contributed by atoms with Gasteiger partial charge in [-0.3, -0.25) is 14.3 Å². The molecule has 1 aliphatic rings. The van der Waals surface area contributed by atoms with Crippen LogP contribution >= 0.6 is 15.9 Å². The van der Waals surface area contributed by atoms with Crippen LogP contribution in [-0.4, -0.2) is 53.4 Å². The van der Waals surface area contributed by atoms with E-state index in [-0.39, 0.29) is 11.6 Å². The van der Waals surface area contributed by atoms with Gasteiger partial charge in [-0.15, -0.1) is 0 Å². The molecule has 1 fully saturated rings. The fourth-order valence-electron chi connectivity index (χ4n) is 4.19. The summed E-state index contributed by atoms with van der Waals surface area (Å²) in [6.07, 6.45) is 0.832. The van der Waals surface area contributed by atoms with Crippen LogP contribution in [0.4, 0.5) is 0 Å². The van der Waals surface area contributed by atoms with Gasteiger partial charge in [0.25, 0.3) is 5.56 Å². The summed E-state index contributed by atoms with van der Waals surface area (Å²) in [6.45, 7) is 6.64.